The molecule has 152 valence electrons. The number of nitrogens with one attached hydrogen (secondary N) is 1. The minimum absolute atomic E-state index is 0.157. The van der Waals surface area contributed by atoms with Crippen LogP contribution >= 0.6 is 0 Å². The van der Waals surface area contributed by atoms with Crippen molar-refractivity contribution in [1.29, 1.82) is 0 Å². The number of aromatic nitrogens is 3. The average Bonchev–Trinajstić information content (AvgIpc) is 3.12. The Morgan fingerprint density at radius 2 is 2.14 bits per heavy atom. The van der Waals surface area contributed by atoms with Crippen molar-refractivity contribution in [3.05, 3.63) is 46.8 Å². The van der Waals surface area contributed by atoms with Crippen molar-refractivity contribution >= 4 is 16.9 Å². The van der Waals surface area contributed by atoms with Gasteiger partial charge < -0.3 is 14.8 Å². The smallest absolute Gasteiger partial charge is 0.252 e. The van der Waals surface area contributed by atoms with Crippen LogP contribution in [-0.4, -0.2) is 39.4 Å². The number of benzene rings is 1. The number of hydrogen-bond donors (Lipinski definition) is 1. The maximum absolute atomic E-state index is 12.8. The van der Waals surface area contributed by atoms with E-state index in [1.54, 1.807) is 10.7 Å². The Labute approximate surface area is 170 Å². The minimum Gasteiger partial charge on any atom is -0.488 e. The van der Waals surface area contributed by atoms with Gasteiger partial charge in [-0.15, -0.1) is 0 Å². The van der Waals surface area contributed by atoms with Crippen LogP contribution in [0.1, 0.15) is 41.2 Å². The monoisotopic (exact) mass is 394 g/mol. The number of nitrogens with zero attached hydrogens (tertiary/aromatic N) is 3. The predicted octanol–water partition coefficient (Wildman–Crippen LogP) is 3.11. The summed E-state index contributed by atoms with van der Waals surface area (Å²) in [6.45, 7) is 8.62. The van der Waals surface area contributed by atoms with Gasteiger partial charge in [0.25, 0.3) is 5.91 Å². The third-order valence-electron chi connectivity index (χ3n) is 5.04. The third-order valence-corrected chi connectivity index (χ3v) is 5.04. The van der Waals surface area contributed by atoms with Gasteiger partial charge in [-0.05, 0) is 39.8 Å². The fraction of sp³-hybridized carbons (Fsp3) is 0.409. The van der Waals surface area contributed by atoms with Crippen LogP contribution in [-0.2, 0) is 13.5 Å². The van der Waals surface area contributed by atoms with Crippen LogP contribution in [0.5, 0.6) is 11.5 Å². The normalized spacial score (nSPS) is 14.5. The number of pyridine rings is 1. The standard InChI is InChI=1S/C22H26N4O3/c1-13-11-16(18-14(2)25-26(5)20(18)24-13)21(27)23-9-10-28-17-8-6-7-15-12-22(3,4)29-19(15)17/h6-8,11H,9-10,12H2,1-5H3,(H,23,27). The predicted molar refractivity (Wildman–Crippen MR) is 111 cm³/mol. The van der Waals surface area contributed by atoms with E-state index in [4.69, 9.17) is 9.47 Å². The summed E-state index contributed by atoms with van der Waals surface area (Å²) in [4.78, 5) is 17.3. The van der Waals surface area contributed by atoms with Gasteiger partial charge in [0.2, 0.25) is 0 Å². The molecule has 1 aromatic carbocycles. The highest BCUT2D eigenvalue weighted by Gasteiger charge is 2.32. The molecule has 3 aromatic rings. The van der Waals surface area contributed by atoms with E-state index in [9.17, 15) is 4.79 Å². The van der Waals surface area contributed by atoms with Gasteiger partial charge >= 0.3 is 0 Å². The number of ether oxygens (including phenoxy) is 2. The maximum atomic E-state index is 12.8. The lowest BCUT2D eigenvalue weighted by Crippen LogP contribution is -2.28. The molecule has 0 unspecified atom stereocenters. The lowest BCUT2D eigenvalue weighted by molar-refractivity contribution is 0.0947. The van der Waals surface area contributed by atoms with E-state index in [0.29, 0.717) is 30.1 Å². The first-order valence-electron chi connectivity index (χ1n) is 9.78. The van der Waals surface area contributed by atoms with Gasteiger partial charge in [-0.3, -0.25) is 9.48 Å². The molecular formula is C22H26N4O3. The van der Waals surface area contributed by atoms with Gasteiger partial charge in [-0.1, -0.05) is 12.1 Å². The van der Waals surface area contributed by atoms with Gasteiger partial charge in [0, 0.05) is 24.7 Å². The quantitative estimate of drug-likeness (QED) is 0.673. The van der Waals surface area contributed by atoms with Crippen LogP contribution in [0.4, 0.5) is 0 Å². The van der Waals surface area contributed by atoms with Gasteiger partial charge in [0.15, 0.2) is 17.1 Å². The van der Waals surface area contributed by atoms with Crippen LogP contribution in [0.15, 0.2) is 24.3 Å². The summed E-state index contributed by atoms with van der Waals surface area (Å²) in [7, 11) is 1.83. The Balaban J connectivity index is 1.43. The van der Waals surface area contributed by atoms with Crippen LogP contribution in [0, 0.1) is 13.8 Å². The van der Waals surface area contributed by atoms with Crippen molar-refractivity contribution in [2.24, 2.45) is 7.05 Å². The van der Waals surface area contributed by atoms with Crippen LogP contribution in [0.3, 0.4) is 0 Å². The number of aryl methyl sites for hydroxylation is 3. The molecule has 3 heterocycles. The number of amides is 1. The molecule has 0 saturated carbocycles. The first kappa shape index (κ1) is 19.2. The third kappa shape index (κ3) is 3.64. The summed E-state index contributed by atoms with van der Waals surface area (Å²) < 4.78 is 13.6. The van der Waals surface area contributed by atoms with Crippen molar-refractivity contribution in [2.45, 2.75) is 39.7 Å². The van der Waals surface area contributed by atoms with Crippen molar-refractivity contribution in [1.82, 2.24) is 20.1 Å². The minimum atomic E-state index is -0.220. The van der Waals surface area contributed by atoms with Gasteiger partial charge in [0.05, 0.1) is 23.2 Å². The summed E-state index contributed by atoms with van der Waals surface area (Å²) in [5.41, 5.74) is 3.80. The van der Waals surface area contributed by atoms with Crippen molar-refractivity contribution in [3.63, 3.8) is 0 Å². The molecule has 29 heavy (non-hydrogen) atoms. The molecule has 0 radical (unpaired) electrons. The Kier molecular flexibility index (Phi) is 4.68. The molecule has 0 aliphatic carbocycles. The molecule has 4 rings (SSSR count). The summed E-state index contributed by atoms with van der Waals surface area (Å²) in [6.07, 6.45) is 0.859. The molecule has 1 N–H and O–H groups in total. The first-order valence-corrected chi connectivity index (χ1v) is 9.78. The summed E-state index contributed by atoms with van der Waals surface area (Å²) >= 11 is 0. The lowest BCUT2D eigenvalue weighted by Gasteiger charge is -2.18. The molecule has 0 saturated heterocycles. The molecule has 0 bridgehead atoms. The second-order valence-electron chi connectivity index (χ2n) is 8.11. The molecule has 2 aromatic heterocycles. The van der Waals surface area contributed by atoms with E-state index >= 15 is 0 Å². The molecule has 1 aliphatic heterocycles. The van der Waals surface area contributed by atoms with E-state index in [2.05, 4.69) is 35.3 Å². The fourth-order valence-electron chi connectivity index (χ4n) is 3.87. The molecule has 7 heteroatoms. The van der Waals surface area contributed by atoms with Crippen molar-refractivity contribution in [3.8, 4) is 11.5 Å². The van der Waals surface area contributed by atoms with Crippen molar-refractivity contribution in [2.75, 3.05) is 13.2 Å². The average molecular weight is 394 g/mol. The zero-order valence-electron chi connectivity index (χ0n) is 17.5. The highest BCUT2D eigenvalue weighted by molar-refractivity contribution is 6.06. The first-order chi connectivity index (χ1) is 13.7. The highest BCUT2D eigenvalue weighted by Crippen LogP contribution is 2.41. The van der Waals surface area contributed by atoms with Gasteiger partial charge in [-0.25, -0.2) is 4.98 Å². The van der Waals surface area contributed by atoms with Crippen LogP contribution in [0.25, 0.3) is 11.0 Å². The molecular weight excluding hydrogens is 368 g/mol. The van der Waals surface area contributed by atoms with Gasteiger partial charge in [0.1, 0.15) is 12.2 Å². The zero-order valence-corrected chi connectivity index (χ0v) is 17.5. The Hall–Kier alpha value is -3.09. The lowest BCUT2D eigenvalue weighted by atomic mass is 10.0. The largest absolute Gasteiger partial charge is 0.488 e. The van der Waals surface area contributed by atoms with E-state index in [-0.39, 0.29) is 11.5 Å². The number of carbonyl (C=O) groups is 1. The summed E-state index contributed by atoms with van der Waals surface area (Å²) in [6, 6.07) is 7.73. The second-order valence-corrected chi connectivity index (χ2v) is 8.11. The summed E-state index contributed by atoms with van der Waals surface area (Å²) in [5.74, 6) is 1.37. The Bertz CT molecular complexity index is 1100. The number of fused-ring (bicyclic) bond motifs is 2. The molecule has 1 amide bonds. The molecule has 0 fully saturated rings. The number of carbonyl (C=O) groups excluding carboxylic acids is 1. The zero-order chi connectivity index (χ0) is 20.8. The molecule has 1 aliphatic rings. The van der Waals surface area contributed by atoms with Crippen LogP contribution < -0.4 is 14.8 Å². The van der Waals surface area contributed by atoms with E-state index in [0.717, 1.165) is 34.5 Å². The Morgan fingerprint density at radius 1 is 1.34 bits per heavy atom. The van der Waals surface area contributed by atoms with Gasteiger partial charge in [-0.2, -0.15) is 5.10 Å². The second kappa shape index (κ2) is 7.06. The van der Waals surface area contributed by atoms with E-state index < -0.39 is 0 Å². The topological polar surface area (TPSA) is 78.3 Å². The Morgan fingerprint density at radius 3 is 2.93 bits per heavy atom. The SMILES string of the molecule is Cc1cc(C(=O)NCCOc2cccc3c2OC(C)(C)C3)c2c(C)nn(C)c2n1. The highest BCUT2D eigenvalue weighted by atomic mass is 16.5. The number of hydrogen-bond acceptors (Lipinski definition) is 5. The number of rotatable bonds is 5. The molecule has 0 atom stereocenters. The number of para-hydroxylation sites is 1. The molecule has 7 nitrogen and oxygen atoms in total. The van der Waals surface area contributed by atoms with Crippen molar-refractivity contribution < 1.29 is 14.3 Å². The molecule has 0 spiro atoms. The van der Waals surface area contributed by atoms with Crippen LogP contribution in [0.2, 0.25) is 0 Å². The fourth-order valence-corrected chi connectivity index (χ4v) is 3.87. The van der Waals surface area contributed by atoms with E-state index in [1.165, 1.54) is 0 Å². The van der Waals surface area contributed by atoms with E-state index in [1.807, 2.05) is 33.0 Å². The summed E-state index contributed by atoms with van der Waals surface area (Å²) in [5, 5.41) is 8.12. The maximum Gasteiger partial charge on any atom is 0.252 e.